The van der Waals surface area contributed by atoms with E-state index in [4.69, 9.17) is 0 Å². The third kappa shape index (κ3) is 2.63. The molecule has 2 unspecified atom stereocenters. The summed E-state index contributed by atoms with van der Waals surface area (Å²) in [5.74, 6) is -1.17. The largest absolute Gasteiger partial charge is 0.481 e. The van der Waals surface area contributed by atoms with Crippen LogP contribution >= 0.6 is 0 Å². The van der Waals surface area contributed by atoms with Gasteiger partial charge in [-0.1, -0.05) is 13.0 Å². The average Bonchev–Trinajstić information content (AvgIpc) is 2.93. The molecule has 5 heteroatoms. The third-order valence-electron chi connectivity index (χ3n) is 4.10. The monoisotopic (exact) mass is 286 g/mol. The van der Waals surface area contributed by atoms with Crippen LogP contribution in [-0.2, 0) is 4.79 Å². The lowest BCUT2D eigenvalue weighted by Gasteiger charge is -2.34. The van der Waals surface area contributed by atoms with E-state index < -0.39 is 11.9 Å². The molecule has 1 amide bonds. The molecule has 110 valence electrons. The van der Waals surface area contributed by atoms with Crippen LogP contribution in [0.1, 0.15) is 23.7 Å². The Bertz CT molecular complexity index is 692. The van der Waals surface area contributed by atoms with Gasteiger partial charge in [0, 0.05) is 30.4 Å². The summed E-state index contributed by atoms with van der Waals surface area (Å²) in [6.45, 7) is 2.90. The van der Waals surface area contributed by atoms with Gasteiger partial charge in [-0.15, -0.1) is 0 Å². The zero-order valence-corrected chi connectivity index (χ0v) is 11.9. The smallest absolute Gasteiger partial charge is 0.308 e. The zero-order chi connectivity index (χ0) is 15.0. The summed E-state index contributed by atoms with van der Waals surface area (Å²) in [5.41, 5.74) is 1.52. The number of nitrogens with one attached hydrogen (secondary N) is 1. The predicted octanol–water partition coefficient (Wildman–Crippen LogP) is 2.35. The molecule has 3 rings (SSSR count). The lowest BCUT2D eigenvalue weighted by Crippen LogP contribution is -2.45. The van der Waals surface area contributed by atoms with Gasteiger partial charge in [-0.05, 0) is 35.9 Å². The number of likely N-dealkylation sites (tertiary alicyclic amines) is 1. The van der Waals surface area contributed by atoms with E-state index in [2.05, 4.69) is 4.98 Å². The minimum atomic E-state index is -0.820. The highest BCUT2D eigenvalue weighted by Gasteiger charge is 2.32. The number of amides is 1. The Morgan fingerprint density at radius 2 is 2.10 bits per heavy atom. The number of benzene rings is 1. The van der Waals surface area contributed by atoms with Crippen LogP contribution in [0.5, 0.6) is 0 Å². The summed E-state index contributed by atoms with van der Waals surface area (Å²) in [7, 11) is 0. The topological polar surface area (TPSA) is 73.4 Å². The van der Waals surface area contributed by atoms with E-state index in [1.807, 2.05) is 31.3 Å². The first-order chi connectivity index (χ1) is 10.0. The lowest BCUT2D eigenvalue weighted by atomic mass is 9.90. The molecule has 0 aliphatic carbocycles. The fourth-order valence-electron chi connectivity index (χ4n) is 3.06. The summed E-state index contributed by atoms with van der Waals surface area (Å²) in [6, 6.07) is 7.48. The van der Waals surface area contributed by atoms with Crippen molar-refractivity contribution in [2.24, 2.45) is 11.8 Å². The average molecular weight is 286 g/mol. The summed E-state index contributed by atoms with van der Waals surface area (Å²) >= 11 is 0. The Hall–Kier alpha value is -2.30. The normalized spacial score (nSPS) is 22.4. The van der Waals surface area contributed by atoms with Gasteiger partial charge in [0.15, 0.2) is 0 Å². The lowest BCUT2D eigenvalue weighted by molar-refractivity contribution is -0.143. The fourth-order valence-corrected chi connectivity index (χ4v) is 3.06. The van der Waals surface area contributed by atoms with Crippen LogP contribution in [0.4, 0.5) is 0 Å². The molecule has 1 fully saturated rings. The summed E-state index contributed by atoms with van der Waals surface area (Å²) < 4.78 is 0. The number of fused-ring (bicyclic) bond motifs is 1. The maximum absolute atomic E-state index is 12.6. The van der Waals surface area contributed by atoms with Gasteiger partial charge in [0.2, 0.25) is 0 Å². The Morgan fingerprint density at radius 1 is 1.29 bits per heavy atom. The van der Waals surface area contributed by atoms with Crippen molar-refractivity contribution in [3.8, 4) is 0 Å². The van der Waals surface area contributed by atoms with Crippen molar-refractivity contribution in [2.45, 2.75) is 13.3 Å². The molecule has 1 aromatic heterocycles. The van der Waals surface area contributed by atoms with Crippen LogP contribution in [0.3, 0.4) is 0 Å². The molecule has 1 aliphatic heterocycles. The number of piperidine rings is 1. The molecule has 1 aromatic carbocycles. The first-order valence-corrected chi connectivity index (χ1v) is 7.14. The van der Waals surface area contributed by atoms with E-state index in [0.717, 1.165) is 10.9 Å². The molecular weight excluding hydrogens is 268 g/mol. The Morgan fingerprint density at radius 3 is 2.86 bits per heavy atom. The maximum Gasteiger partial charge on any atom is 0.308 e. The number of hydrogen-bond acceptors (Lipinski definition) is 2. The van der Waals surface area contributed by atoms with Crippen molar-refractivity contribution in [1.29, 1.82) is 0 Å². The number of carbonyl (C=O) groups is 2. The van der Waals surface area contributed by atoms with Crippen molar-refractivity contribution in [1.82, 2.24) is 9.88 Å². The minimum Gasteiger partial charge on any atom is -0.481 e. The summed E-state index contributed by atoms with van der Waals surface area (Å²) in [6.07, 6.45) is 2.47. The molecule has 0 radical (unpaired) electrons. The molecule has 1 aliphatic rings. The zero-order valence-electron chi connectivity index (χ0n) is 11.9. The number of aromatic amines is 1. The molecule has 2 N–H and O–H groups in total. The number of carbonyl (C=O) groups excluding carboxylic acids is 1. The molecule has 0 saturated carbocycles. The second-order valence-electron chi connectivity index (χ2n) is 5.87. The number of carboxylic acids is 1. The quantitative estimate of drug-likeness (QED) is 0.890. The highest BCUT2D eigenvalue weighted by atomic mass is 16.4. The second kappa shape index (κ2) is 5.24. The molecular formula is C16H18N2O3. The SMILES string of the molecule is CC1CC(C(=O)O)CN(C(=O)c2ccc3cc[nH]c3c2)C1. The van der Waals surface area contributed by atoms with Gasteiger partial charge in [-0.3, -0.25) is 9.59 Å². The van der Waals surface area contributed by atoms with E-state index in [0.29, 0.717) is 25.1 Å². The van der Waals surface area contributed by atoms with E-state index >= 15 is 0 Å². The second-order valence-corrected chi connectivity index (χ2v) is 5.87. The van der Waals surface area contributed by atoms with Gasteiger partial charge < -0.3 is 15.0 Å². The standard InChI is InChI=1S/C16H18N2O3/c1-10-6-13(16(20)21)9-18(8-10)15(19)12-3-2-11-4-5-17-14(11)7-12/h2-5,7,10,13,17H,6,8-9H2,1H3,(H,20,21). The highest BCUT2D eigenvalue weighted by Crippen LogP contribution is 2.24. The van der Waals surface area contributed by atoms with Crippen molar-refractivity contribution < 1.29 is 14.7 Å². The highest BCUT2D eigenvalue weighted by molar-refractivity contribution is 5.98. The molecule has 0 bridgehead atoms. The van der Waals surface area contributed by atoms with Crippen molar-refractivity contribution in [3.05, 3.63) is 36.0 Å². The first-order valence-electron chi connectivity index (χ1n) is 7.14. The van der Waals surface area contributed by atoms with Gasteiger partial charge in [0.25, 0.3) is 5.91 Å². The van der Waals surface area contributed by atoms with Crippen molar-refractivity contribution in [3.63, 3.8) is 0 Å². The van der Waals surface area contributed by atoms with Gasteiger partial charge >= 0.3 is 5.97 Å². The molecule has 0 spiro atoms. The maximum atomic E-state index is 12.6. The molecule has 5 nitrogen and oxygen atoms in total. The number of rotatable bonds is 2. The number of aliphatic carboxylic acids is 1. The molecule has 2 atom stereocenters. The van der Waals surface area contributed by atoms with E-state index in [9.17, 15) is 14.7 Å². The third-order valence-corrected chi connectivity index (χ3v) is 4.10. The number of hydrogen-bond donors (Lipinski definition) is 2. The number of aromatic nitrogens is 1. The number of carboxylic acid groups (broad SMARTS) is 1. The van der Waals surface area contributed by atoms with E-state index in [1.165, 1.54) is 0 Å². The first kappa shape index (κ1) is 13.7. The van der Waals surface area contributed by atoms with Crippen LogP contribution < -0.4 is 0 Å². The summed E-state index contributed by atoms with van der Waals surface area (Å²) in [4.78, 5) is 28.6. The molecule has 1 saturated heterocycles. The molecule has 21 heavy (non-hydrogen) atoms. The summed E-state index contributed by atoms with van der Waals surface area (Å²) in [5, 5.41) is 10.3. The van der Waals surface area contributed by atoms with Gasteiger partial charge in [-0.2, -0.15) is 0 Å². The molecule has 2 heterocycles. The molecule has 2 aromatic rings. The van der Waals surface area contributed by atoms with Gasteiger partial charge in [-0.25, -0.2) is 0 Å². The van der Waals surface area contributed by atoms with Crippen LogP contribution in [-0.4, -0.2) is 40.0 Å². The van der Waals surface area contributed by atoms with Crippen LogP contribution in [0.15, 0.2) is 30.5 Å². The fraction of sp³-hybridized carbons (Fsp3) is 0.375. The Balaban J connectivity index is 1.84. The van der Waals surface area contributed by atoms with Crippen LogP contribution in [0.25, 0.3) is 10.9 Å². The number of H-pyrrole nitrogens is 1. The predicted molar refractivity (Wildman–Crippen MR) is 79.1 cm³/mol. The van der Waals surface area contributed by atoms with Crippen LogP contribution in [0.2, 0.25) is 0 Å². The van der Waals surface area contributed by atoms with Gasteiger partial charge in [0.05, 0.1) is 5.92 Å². The van der Waals surface area contributed by atoms with E-state index in [1.54, 1.807) is 11.0 Å². The van der Waals surface area contributed by atoms with Gasteiger partial charge in [0.1, 0.15) is 0 Å². The van der Waals surface area contributed by atoms with Crippen molar-refractivity contribution >= 4 is 22.8 Å². The minimum absolute atomic E-state index is 0.0932. The van der Waals surface area contributed by atoms with Crippen molar-refractivity contribution in [2.75, 3.05) is 13.1 Å². The Kier molecular flexibility index (Phi) is 3.41. The number of nitrogens with zero attached hydrogens (tertiary/aromatic N) is 1. The van der Waals surface area contributed by atoms with E-state index in [-0.39, 0.29) is 11.8 Å². The Labute approximate surface area is 122 Å². The van der Waals surface area contributed by atoms with Crippen LogP contribution in [0, 0.1) is 11.8 Å².